The molecule has 0 aliphatic rings. The normalized spacial score (nSPS) is 12.0. The van der Waals surface area contributed by atoms with Gasteiger partial charge in [-0.15, -0.1) is 11.3 Å². The maximum atomic E-state index is 13.0. The zero-order chi connectivity index (χ0) is 14.8. The van der Waals surface area contributed by atoms with E-state index in [1.807, 2.05) is 0 Å². The Balaban J connectivity index is 2.11. The third kappa shape index (κ3) is 3.76. The largest absolute Gasteiger partial charge is 0.248 e. The molecule has 8 heteroatoms. The van der Waals surface area contributed by atoms with E-state index >= 15 is 0 Å². The van der Waals surface area contributed by atoms with Gasteiger partial charge in [-0.05, 0) is 17.7 Å². The Bertz CT molecular complexity index is 689. The van der Waals surface area contributed by atoms with E-state index in [4.69, 9.17) is 11.6 Å². The maximum Gasteiger partial charge on any atom is 0.218 e. The average Bonchev–Trinajstić information content (AvgIpc) is 2.86. The Morgan fingerprint density at radius 2 is 2.20 bits per heavy atom. The second-order valence-electron chi connectivity index (χ2n) is 4.19. The predicted octanol–water partition coefficient (Wildman–Crippen LogP) is 2.90. The number of thiazole rings is 1. The third-order valence-corrected chi connectivity index (χ3v) is 5.48. The van der Waals surface area contributed by atoms with Crippen LogP contribution in [0.2, 0.25) is 5.02 Å². The summed E-state index contributed by atoms with van der Waals surface area (Å²) in [5, 5.41) is 2.42. The molecule has 0 bridgehead atoms. The van der Waals surface area contributed by atoms with Crippen LogP contribution in [0.4, 0.5) is 4.39 Å². The molecule has 0 radical (unpaired) electrons. The molecule has 20 heavy (non-hydrogen) atoms. The molecule has 0 atom stereocenters. The second-order valence-corrected chi connectivity index (χ2v) is 7.65. The highest BCUT2D eigenvalue weighted by Gasteiger charge is 2.20. The van der Waals surface area contributed by atoms with Crippen molar-refractivity contribution in [3.63, 3.8) is 0 Å². The lowest BCUT2D eigenvalue weighted by Gasteiger charge is -2.16. The van der Waals surface area contributed by atoms with Crippen LogP contribution < -0.4 is 0 Å². The summed E-state index contributed by atoms with van der Waals surface area (Å²) in [6.07, 6.45) is 1.63. The molecule has 0 aliphatic carbocycles. The van der Waals surface area contributed by atoms with Crippen molar-refractivity contribution in [2.45, 2.75) is 12.3 Å². The Kier molecular flexibility index (Phi) is 4.74. The van der Waals surface area contributed by atoms with Crippen molar-refractivity contribution >= 4 is 33.0 Å². The summed E-state index contributed by atoms with van der Waals surface area (Å²) < 4.78 is 38.6. The SMILES string of the molecule is CN(Cc1nccs1)S(=O)(=O)Cc1ccc(F)c(Cl)c1. The molecule has 0 amide bonds. The number of halogens is 2. The first-order valence-corrected chi connectivity index (χ1v) is 8.51. The smallest absolute Gasteiger partial charge is 0.218 e. The van der Waals surface area contributed by atoms with Crippen LogP contribution in [0.25, 0.3) is 0 Å². The van der Waals surface area contributed by atoms with Crippen molar-refractivity contribution in [3.8, 4) is 0 Å². The van der Waals surface area contributed by atoms with Crippen LogP contribution in [-0.2, 0) is 22.3 Å². The van der Waals surface area contributed by atoms with Crippen LogP contribution in [0, 0.1) is 5.82 Å². The van der Waals surface area contributed by atoms with Crippen LogP contribution in [0.5, 0.6) is 0 Å². The van der Waals surface area contributed by atoms with E-state index < -0.39 is 15.8 Å². The summed E-state index contributed by atoms with van der Waals surface area (Å²) >= 11 is 7.04. The van der Waals surface area contributed by atoms with Crippen LogP contribution in [-0.4, -0.2) is 24.8 Å². The predicted molar refractivity (Wildman–Crippen MR) is 77.6 cm³/mol. The summed E-state index contributed by atoms with van der Waals surface area (Å²) in [7, 11) is -2.01. The molecule has 0 N–H and O–H groups in total. The molecule has 108 valence electrons. The number of nitrogens with zero attached hydrogens (tertiary/aromatic N) is 2. The van der Waals surface area contributed by atoms with Crippen molar-refractivity contribution in [1.29, 1.82) is 0 Å². The minimum Gasteiger partial charge on any atom is -0.248 e. The quantitative estimate of drug-likeness (QED) is 0.844. The van der Waals surface area contributed by atoms with Gasteiger partial charge >= 0.3 is 0 Å². The summed E-state index contributed by atoms with van der Waals surface area (Å²) in [5.74, 6) is -0.793. The molecule has 0 saturated carbocycles. The molecule has 0 fully saturated rings. The van der Waals surface area contributed by atoms with Crippen LogP contribution in [0.15, 0.2) is 29.8 Å². The zero-order valence-electron chi connectivity index (χ0n) is 10.6. The highest BCUT2D eigenvalue weighted by atomic mass is 35.5. The van der Waals surface area contributed by atoms with E-state index in [0.29, 0.717) is 10.6 Å². The van der Waals surface area contributed by atoms with Gasteiger partial charge in [-0.25, -0.2) is 17.8 Å². The van der Waals surface area contributed by atoms with E-state index in [2.05, 4.69) is 4.98 Å². The van der Waals surface area contributed by atoms with Crippen molar-refractivity contribution in [3.05, 3.63) is 51.2 Å². The summed E-state index contributed by atoms with van der Waals surface area (Å²) in [6.45, 7) is 0.217. The fourth-order valence-electron chi connectivity index (χ4n) is 1.57. The molecule has 1 heterocycles. The van der Waals surface area contributed by atoms with E-state index in [1.165, 1.54) is 34.8 Å². The van der Waals surface area contributed by atoms with E-state index in [1.54, 1.807) is 11.6 Å². The van der Waals surface area contributed by atoms with E-state index in [0.717, 1.165) is 6.07 Å². The Morgan fingerprint density at radius 1 is 1.45 bits per heavy atom. The fourth-order valence-corrected chi connectivity index (χ4v) is 3.66. The number of benzene rings is 1. The van der Waals surface area contributed by atoms with Crippen LogP contribution >= 0.6 is 22.9 Å². The standard InChI is InChI=1S/C12H12ClFN2O2S2/c1-16(7-12-15-4-5-19-12)20(17,18)8-9-2-3-11(14)10(13)6-9/h2-6H,7-8H2,1H3. The minimum absolute atomic E-state index is 0.0831. The summed E-state index contributed by atoms with van der Waals surface area (Å²) in [6, 6.07) is 3.90. The average molecular weight is 335 g/mol. The first-order chi connectivity index (χ1) is 9.38. The first-order valence-electron chi connectivity index (χ1n) is 5.65. The molecule has 0 saturated heterocycles. The molecule has 0 aliphatic heterocycles. The molecule has 0 unspecified atom stereocenters. The number of aromatic nitrogens is 1. The molecular formula is C12H12ClFN2O2S2. The van der Waals surface area contributed by atoms with Gasteiger partial charge in [0, 0.05) is 18.6 Å². The van der Waals surface area contributed by atoms with E-state index in [9.17, 15) is 12.8 Å². The van der Waals surface area contributed by atoms with Gasteiger partial charge in [0.05, 0.1) is 17.3 Å². The Hall–Kier alpha value is -1.02. The van der Waals surface area contributed by atoms with Gasteiger partial charge in [0.25, 0.3) is 0 Å². The van der Waals surface area contributed by atoms with Gasteiger partial charge in [0.15, 0.2) is 0 Å². The lowest BCUT2D eigenvalue weighted by Crippen LogP contribution is -2.27. The van der Waals surface area contributed by atoms with Gasteiger partial charge in [0.1, 0.15) is 10.8 Å². The molecule has 4 nitrogen and oxygen atoms in total. The maximum absolute atomic E-state index is 13.0. The first kappa shape index (κ1) is 15.4. The molecule has 1 aromatic heterocycles. The van der Waals surface area contributed by atoms with Gasteiger partial charge in [0.2, 0.25) is 10.0 Å². The molecule has 1 aromatic carbocycles. The van der Waals surface area contributed by atoms with Crippen LogP contribution in [0.1, 0.15) is 10.6 Å². The van der Waals surface area contributed by atoms with Gasteiger partial charge in [-0.1, -0.05) is 17.7 Å². The molecule has 2 aromatic rings. The molecule has 2 rings (SSSR count). The van der Waals surface area contributed by atoms with Crippen molar-refractivity contribution in [1.82, 2.24) is 9.29 Å². The van der Waals surface area contributed by atoms with Gasteiger partial charge in [-0.2, -0.15) is 4.31 Å². The fraction of sp³-hybridized carbons (Fsp3) is 0.250. The monoisotopic (exact) mass is 334 g/mol. The summed E-state index contributed by atoms with van der Waals surface area (Å²) in [4.78, 5) is 4.04. The lowest BCUT2D eigenvalue weighted by molar-refractivity contribution is 0.465. The molecular weight excluding hydrogens is 323 g/mol. The van der Waals surface area contributed by atoms with Crippen molar-refractivity contribution in [2.75, 3.05) is 7.05 Å². The Morgan fingerprint density at radius 3 is 2.80 bits per heavy atom. The number of hydrogen-bond donors (Lipinski definition) is 0. The highest BCUT2D eigenvalue weighted by Crippen LogP contribution is 2.19. The van der Waals surface area contributed by atoms with E-state index in [-0.39, 0.29) is 17.3 Å². The van der Waals surface area contributed by atoms with Gasteiger partial charge < -0.3 is 0 Å². The second kappa shape index (κ2) is 6.17. The van der Waals surface area contributed by atoms with Crippen molar-refractivity contribution < 1.29 is 12.8 Å². The number of rotatable bonds is 5. The van der Waals surface area contributed by atoms with Crippen molar-refractivity contribution in [2.24, 2.45) is 0 Å². The highest BCUT2D eigenvalue weighted by molar-refractivity contribution is 7.88. The lowest BCUT2D eigenvalue weighted by atomic mass is 10.2. The van der Waals surface area contributed by atoms with Crippen LogP contribution in [0.3, 0.4) is 0 Å². The van der Waals surface area contributed by atoms with Gasteiger partial charge in [-0.3, -0.25) is 0 Å². The topological polar surface area (TPSA) is 50.3 Å². The number of hydrogen-bond acceptors (Lipinski definition) is 4. The Labute approximate surface area is 125 Å². The minimum atomic E-state index is -3.50. The third-order valence-electron chi connectivity index (χ3n) is 2.65. The zero-order valence-corrected chi connectivity index (χ0v) is 13.0. The molecule has 0 spiro atoms. The summed E-state index contributed by atoms with van der Waals surface area (Å²) in [5.41, 5.74) is 0.447. The number of sulfonamides is 1.